The second-order valence-corrected chi connectivity index (χ2v) is 11.1. The number of imide groups is 1. The van der Waals surface area contributed by atoms with Crippen LogP contribution in [-0.2, 0) is 24.9 Å². The minimum absolute atomic E-state index is 0.164. The zero-order valence-electron chi connectivity index (χ0n) is 22.9. The number of urea groups is 1. The van der Waals surface area contributed by atoms with Crippen molar-refractivity contribution in [2.45, 2.75) is 71.2 Å². The fraction of sp³-hybridized carbons (Fsp3) is 0.467. The lowest BCUT2D eigenvalue weighted by Gasteiger charge is -2.29. The summed E-state index contributed by atoms with van der Waals surface area (Å²) in [4.78, 5) is 37.4. The molecular weight excluding hydrogens is 492 g/mol. The Morgan fingerprint density at radius 1 is 1.05 bits per heavy atom. The molecule has 39 heavy (non-hydrogen) atoms. The molecule has 3 atom stereocenters. The van der Waals surface area contributed by atoms with E-state index in [0.717, 1.165) is 36.6 Å². The molecule has 1 aliphatic carbocycles. The first-order valence-corrected chi connectivity index (χ1v) is 14.0. The predicted octanol–water partition coefficient (Wildman–Crippen LogP) is 4.96. The molecule has 204 valence electrons. The smallest absolute Gasteiger partial charge is 0.329 e. The molecule has 1 saturated carbocycles. The number of pyridine rings is 1. The van der Waals surface area contributed by atoms with E-state index in [1.807, 2.05) is 17.7 Å². The van der Waals surface area contributed by atoms with E-state index in [0.29, 0.717) is 30.2 Å². The number of carbonyl (C=O) groups is 2. The van der Waals surface area contributed by atoms with Crippen LogP contribution in [0.1, 0.15) is 68.8 Å². The van der Waals surface area contributed by atoms with Crippen molar-refractivity contribution in [1.82, 2.24) is 24.8 Å². The van der Waals surface area contributed by atoms with Gasteiger partial charge in [-0.25, -0.2) is 14.8 Å². The van der Waals surface area contributed by atoms with Crippen molar-refractivity contribution >= 4 is 17.8 Å². The van der Waals surface area contributed by atoms with Crippen LogP contribution >= 0.6 is 0 Å². The summed E-state index contributed by atoms with van der Waals surface area (Å²) in [5.74, 6) is 2.65. The van der Waals surface area contributed by atoms with Crippen molar-refractivity contribution in [3.8, 4) is 17.3 Å². The molecule has 3 aliphatic rings. The number of amides is 3. The fourth-order valence-electron chi connectivity index (χ4n) is 6.06. The standard InChI is InChI=1S/C30H36N6O3/c1-19-6-4-5-7-25(19)39-23-11-8-21(9-12-23)17-35-18-22-10-13-24(32-28(22)20(35)2)29-31-16-27(34(29)3)36-15-14-26(37)33-30(36)38/h8-13,16,19-20,25H,4-7,14-15,17-18H2,1-3H3,(H,33,37,38)/t19-,20+,25-/m0/s1. The highest BCUT2D eigenvalue weighted by molar-refractivity contribution is 6.05. The first kappa shape index (κ1) is 25.6. The molecule has 2 aromatic heterocycles. The number of nitrogens with one attached hydrogen (secondary N) is 1. The molecule has 4 heterocycles. The number of imidazole rings is 1. The molecule has 1 saturated heterocycles. The summed E-state index contributed by atoms with van der Waals surface area (Å²) < 4.78 is 8.17. The molecule has 1 aromatic carbocycles. The van der Waals surface area contributed by atoms with Crippen molar-refractivity contribution < 1.29 is 14.3 Å². The lowest BCUT2D eigenvalue weighted by molar-refractivity contribution is -0.120. The minimum atomic E-state index is -0.421. The van der Waals surface area contributed by atoms with Gasteiger partial charge in [-0.1, -0.05) is 31.5 Å². The summed E-state index contributed by atoms with van der Waals surface area (Å²) in [5.41, 5.74) is 4.31. The van der Waals surface area contributed by atoms with Crippen LogP contribution in [0.25, 0.3) is 11.5 Å². The number of anilines is 1. The minimum Gasteiger partial charge on any atom is -0.490 e. The third kappa shape index (κ3) is 5.03. The molecule has 3 aromatic rings. The highest BCUT2D eigenvalue weighted by atomic mass is 16.5. The van der Waals surface area contributed by atoms with Gasteiger partial charge in [0.15, 0.2) is 5.82 Å². The van der Waals surface area contributed by atoms with Crippen LogP contribution in [0, 0.1) is 5.92 Å². The third-order valence-corrected chi connectivity index (χ3v) is 8.48. The van der Waals surface area contributed by atoms with Gasteiger partial charge in [0.2, 0.25) is 5.91 Å². The van der Waals surface area contributed by atoms with Crippen molar-refractivity contribution in [2.75, 3.05) is 11.4 Å². The van der Waals surface area contributed by atoms with E-state index in [4.69, 9.17) is 9.72 Å². The van der Waals surface area contributed by atoms with Gasteiger partial charge in [-0.3, -0.25) is 19.9 Å². The Labute approximate surface area is 229 Å². The van der Waals surface area contributed by atoms with E-state index in [1.165, 1.54) is 30.4 Å². The highest BCUT2D eigenvalue weighted by Crippen LogP contribution is 2.35. The maximum atomic E-state index is 12.3. The van der Waals surface area contributed by atoms with Crippen LogP contribution in [0.4, 0.5) is 10.6 Å². The quantitative estimate of drug-likeness (QED) is 0.486. The molecule has 0 bridgehead atoms. The molecule has 6 rings (SSSR count). The Morgan fingerprint density at radius 3 is 2.62 bits per heavy atom. The molecule has 1 N–H and O–H groups in total. The second-order valence-electron chi connectivity index (χ2n) is 11.1. The summed E-state index contributed by atoms with van der Waals surface area (Å²) in [5, 5.41) is 2.37. The molecule has 9 heteroatoms. The zero-order valence-corrected chi connectivity index (χ0v) is 22.9. The number of fused-ring (bicyclic) bond motifs is 1. The number of ether oxygens (including phenoxy) is 1. The van der Waals surface area contributed by atoms with Gasteiger partial charge in [0.1, 0.15) is 23.4 Å². The maximum Gasteiger partial charge on any atom is 0.329 e. The lowest BCUT2D eigenvalue weighted by Crippen LogP contribution is -2.50. The number of hydrogen-bond donors (Lipinski definition) is 1. The van der Waals surface area contributed by atoms with Crippen molar-refractivity contribution in [3.05, 3.63) is 59.4 Å². The van der Waals surface area contributed by atoms with Gasteiger partial charge >= 0.3 is 6.03 Å². The predicted molar refractivity (Wildman–Crippen MR) is 148 cm³/mol. The third-order valence-electron chi connectivity index (χ3n) is 8.48. The van der Waals surface area contributed by atoms with Crippen LogP contribution in [0.15, 0.2) is 42.6 Å². The number of benzene rings is 1. The van der Waals surface area contributed by atoms with Crippen LogP contribution in [-0.4, -0.2) is 44.0 Å². The molecule has 0 radical (unpaired) electrons. The van der Waals surface area contributed by atoms with Crippen LogP contribution < -0.4 is 15.0 Å². The molecule has 0 spiro atoms. The SMILES string of the molecule is C[C@@H]1c2nc(-c3ncc(N4CCC(=O)NC4=O)n3C)ccc2CN1Cc1ccc(O[C@H]2CCCC[C@@H]2C)cc1. The van der Waals surface area contributed by atoms with E-state index in [9.17, 15) is 9.59 Å². The topological polar surface area (TPSA) is 92.6 Å². The fourth-order valence-corrected chi connectivity index (χ4v) is 6.06. The average molecular weight is 529 g/mol. The largest absolute Gasteiger partial charge is 0.490 e. The van der Waals surface area contributed by atoms with Gasteiger partial charge < -0.3 is 9.30 Å². The molecule has 3 amide bonds. The van der Waals surface area contributed by atoms with Crippen molar-refractivity contribution in [3.63, 3.8) is 0 Å². The lowest BCUT2D eigenvalue weighted by atomic mass is 9.88. The Kier molecular flexibility index (Phi) is 6.85. The Hall–Kier alpha value is -3.72. The summed E-state index contributed by atoms with van der Waals surface area (Å²) >= 11 is 0. The first-order chi connectivity index (χ1) is 18.9. The van der Waals surface area contributed by atoms with Gasteiger partial charge in [-0.15, -0.1) is 0 Å². The van der Waals surface area contributed by atoms with Crippen molar-refractivity contribution in [2.24, 2.45) is 13.0 Å². The van der Waals surface area contributed by atoms with E-state index in [-0.39, 0.29) is 18.4 Å². The number of aromatic nitrogens is 3. The summed E-state index contributed by atoms with van der Waals surface area (Å²) in [6.45, 7) is 6.51. The van der Waals surface area contributed by atoms with Gasteiger partial charge in [0.05, 0.1) is 17.9 Å². The van der Waals surface area contributed by atoms with Gasteiger partial charge in [0.25, 0.3) is 0 Å². The Bertz CT molecular complexity index is 1380. The van der Waals surface area contributed by atoms with Gasteiger partial charge in [-0.05, 0) is 61.4 Å². The number of hydrogen-bond acceptors (Lipinski definition) is 6. The number of nitrogens with zero attached hydrogens (tertiary/aromatic N) is 5. The molecule has 9 nitrogen and oxygen atoms in total. The van der Waals surface area contributed by atoms with E-state index >= 15 is 0 Å². The molecule has 0 unspecified atom stereocenters. The van der Waals surface area contributed by atoms with E-state index in [1.54, 1.807) is 11.1 Å². The van der Waals surface area contributed by atoms with E-state index in [2.05, 4.69) is 59.4 Å². The Morgan fingerprint density at radius 2 is 1.85 bits per heavy atom. The number of carbonyl (C=O) groups excluding carboxylic acids is 2. The first-order valence-electron chi connectivity index (χ1n) is 14.0. The van der Waals surface area contributed by atoms with Gasteiger partial charge in [-0.2, -0.15) is 0 Å². The van der Waals surface area contributed by atoms with Crippen LogP contribution in [0.5, 0.6) is 5.75 Å². The normalized spacial score (nSPS) is 23.6. The second kappa shape index (κ2) is 10.4. The Balaban J connectivity index is 1.13. The van der Waals surface area contributed by atoms with Crippen LogP contribution in [0.3, 0.4) is 0 Å². The monoisotopic (exact) mass is 528 g/mol. The van der Waals surface area contributed by atoms with Crippen LogP contribution in [0.2, 0.25) is 0 Å². The highest BCUT2D eigenvalue weighted by Gasteiger charge is 2.31. The van der Waals surface area contributed by atoms with E-state index < -0.39 is 6.03 Å². The zero-order chi connectivity index (χ0) is 27.1. The molecule has 2 fully saturated rings. The number of rotatable bonds is 6. The average Bonchev–Trinajstić information content (AvgIpc) is 3.45. The van der Waals surface area contributed by atoms with Crippen molar-refractivity contribution in [1.29, 1.82) is 0 Å². The van der Waals surface area contributed by atoms with Gasteiger partial charge in [0, 0.05) is 33.1 Å². The summed E-state index contributed by atoms with van der Waals surface area (Å²) in [6.07, 6.45) is 7.24. The molecular formula is C30H36N6O3. The summed E-state index contributed by atoms with van der Waals surface area (Å²) in [7, 11) is 1.87. The summed E-state index contributed by atoms with van der Waals surface area (Å²) in [6, 6.07) is 12.5. The molecule has 2 aliphatic heterocycles. The maximum absolute atomic E-state index is 12.3.